The summed E-state index contributed by atoms with van der Waals surface area (Å²) in [5, 5.41) is 4.10. The summed E-state index contributed by atoms with van der Waals surface area (Å²) < 4.78 is 13.4. The van der Waals surface area contributed by atoms with Crippen LogP contribution in [0.4, 0.5) is 4.39 Å². The number of halogens is 2. The van der Waals surface area contributed by atoms with Crippen molar-refractivity contribution in [3.63, 3.8) is 0 Å². The van der Waals surface area contributed by atoms with Crippen molar-refractivity contribution in [2.24, 2.45) is 0 Å². The zero-order chi connectivity index (χ0) is 15.1. The predicted molar refractivity (Wildman–Crippen MR) is 89.4 cm³/mol. The van der Waals surface area contributed by atoms with Gasteiger partial charge in [-0.15, -0.1) is 11.8 Å². The Bertz CT molecular complexity index is 589. The SMILES string of the molecule is CCCNCc1cc(F)ccc1SCc1ccccc1Cl. The standard InChI is InChI=1S/C17H19ClFNS/c1-2-9-20-11-14-10-15(19)7-8-17(14)21-12-13-5-3-4-6-16(13)18/h3-8,10,20H,2,9,11-12H2,1H3. The Morgan fingerprint density at radius 2 is 1.95 bits per heavy atom. The van der Waals surface area contributed by atoms with Gasteiger partial charge in [0.05, 0.1) is 0 Å². The first-order valence-corrected chi connectivity index (χ1v) is 8.42. The van der Waals surface area contributed by atoms with E-state index in [1.54, 1.807) is 17.8 Å². The maximum Gasteiger partial charge on any atom is 0.123 e. The van der Waals surface area contributed by atoms with E-state index in [1.807, 2.05) is 30.3 Å². The number of thioether (sulfide) groups is 1. The van der Waals surface area contributed by atoms with Crippen LogP contribution in [0.25, 0.3) is 0 Å². The minimum atomic E-state index is -0.189. The van der Waals surface area contributed by atoms with Gasteiger partial charge in [-0.2, -0.15) is 0 Å². The van der Waals surface area contributed by atoms with E-state index in [2.05, 4.69) is 12.2 Å². The van der Waals surface area contributed by atoms with Crippen molar-refractivity contribution < 1.29 is 4.39 Å². The summed E-state index contributed by atoms with van der Waals surface area (Å²) in [6.45, 7) is 3.74. The molecule has 0 heterocycles. The molecule has 21 heavy (non-hydrogen) atoms. The molecule has 0 amide bonds. The first kappa shape index (κ1) is 16.3. The first-order chi connectivity index (χ1) is 10.2. The molecule has 0 unspecified atom stereocenters. The van der Waals surface area contributed by atoms with E-state index in [9.17, 15) is 4.39 Å². The van der Waals surface area contributed by atoms with Gasteiger partial charge < -0.3 is 5.32 Å². The second kappa shape index (κ2) is 8.42. The Morgan fingerprint density at radius 1 is 1.14 bits per heavy atom. The first-order valence-electron chi connectivity index (χ1n) is 7.06. The zero-order valence-corrected chi connectivity index (χ0v) is 13.6. The summed E-state index contributed by atoms with van der Waals surface area (Å²) in [7, 11) is 0. The third-order valence-corrected chi connectivity index (χ3v) is 4.64. The molecule has 0 aliphatic rings. The minimum Gasteiger partial charge on any atom is -0.313 e. The van der Waals surface area contributed by atoms with Gasteiger partial charge in [-0.1, -0.05) is 36.7 Å². The van der Waals surface area contributed by atoms with Crippen LogP contribution in [0.3, 0.4) is 0 Å². The summed E-state index contributed by atoms with van der Waals surface area (Å²) in [5.41, 5.74) is 2.10. The molecule has 0 fully saturated rings. The van der Waals surface area contributed by atoms with Crippen LogP contribution < -0.4 is 5.32 Å². The van der Waals surface area contributed by atoms with E-state index in [1.165, 1.54) is 6.07 Å². The second-order valence-electron chi connectivity index (χ2n) is 4.81. The van der Waals surface area contributed by atoms with E-state index in [0.29, 0.717) is 6.54 Å². The van der Waals surface area contributed by atoms with E-state index in [4.69, 9.17) is 11.6 Å². The number of hydrogen-bond acceptors (Lipinski definition) is 2. The van der Waals surface area contributed by atoms with Gasteiger partial charge in [0, 0.05) is 22.2 Å². The summed E-state index contributed by atoms with van der Waals surface area (Å²) in [5.74, 6) is 0.594. The fourth-order valence-corrected chi connectivity index (χ4v) is 3.32. The highest BCUT2D eigenvalue weighted by Gasteiger charge is 2.07. The van der Waals surface area contributed by atoms with Crippen molar-refractivity contribution in [1.82, 2.24) is 5.32 Å². The average Bonchev–Trinajstić information content (AvgIpc) is 2.48. The second-order valence-corrected chi connectivity index (χ2v) is 6.23. The van der Waals surface area contributed by atoms with Gasteiger partial charge in [0.15, 0.2) is 0 Å². The van der Waals surface area contributed by atoms with Crippen molar-refractivity contribution >= 4 is 23.4 Å². The molecule has 1 N–H and O–H groups in total. The van der Waals surface area contributed by atoms with Gasteiger partial charge in [0.2, 0.25) is 0 Å². The van der Waals surface area contributed by atoms with Crippen LogP contribution in [0.2, 0.25) is 5.02 Å². The molecule has 0 atom stereocenters. The van der Waals surface area contributed by atoms with Gasteiger partial charge >= 0.3 is 0 Å². The lowest BCUT2D eigenvalue weighted by atomic mass is 10.2. The Hall–Kier alpha value is -1.03. The Kier molecular flexibility index (Phi) is 6.55. The summed E-state index contributed by atoms with van der Waals surface area (Å²) in [4.78, 5) is 1.10. The molecule has 2 aromatic rings. The fraction of sp³-hybridized carbons (Fsp3) is 0.294. The van der Waals surface area contributed by atoms with Gasteiger partial charge in [0.1, 0.15) is 5.82 Å². The lowest BCUT2D eigenvalue weighted by Crippen LogP contribution is -2.14. The van der Waals surface area contributed by atoms with E-state index >= 15 is 0 Å². The highest BCUT2D eigenvalue weighted by atomic mass is 35.5. The van der Waals surface area contributed by atoms with Crippen LogP contribution in [0, 0.1) is 5.82 Å². The minimum absolute atomic E-state index is 0.189. The summed E-state index contributed by atoms with van der Waals surface area (Å²) >= 11 is 7.86. The molecule has 0 bridgehead atoms. The van der Waals surface area contributed by atoms with Gasteiger partial charge in [0.25, 0.3) is 0 Å². The Morgan fingerprint density at radius 3 is 2.71 bits per heavy atom. The van der Waals surface area contributed by atoms with E-state index in [0.717, 1.165) is 39.8 Å². The average molecular weight is 324 g/mol. The topological polar surface area (TPSA) is 12.0 Å². The smallest absolute Gasteiger partial charge is 0.123 e. The molecular weight excluding hydrogens is 305 g/mol. The molecule has 0 aromatic heterocycles. The van der Waals surface area contributed by atoms with Crippen molar-refractivity contribution in [2.75, 3.05) is 6.54 Å². The summed E-state index contributed by atoms with van der Waals surface area (Å²) in [6, 6.07) is 12.8. The van der Waals surface area contributed by atoms with E-state index in [-0.39, 0.29) is 5.82 Å². The van der Waals surface area contributed by atoms with Crippen LogP contribution in [-0.4, -0.2) is 6.54 Å². The third kappa shape index (κ3) is 5.03. The van der Waals surface area contributed by atoms with Gasteiger partial charge in [-0.05, 0) is 48.4 Å². The Labute approximate surface area is 134 Å². The van der Waals surface area contributed by atoms with Gasteiger partial charge in [-0.25, -0.2) is 4.39 Å². The molecular formula is C17H19ClFNS. The normalized spacial score (nSPS) is 10.8. The predicted octanol–water partition coefficient (Wildman–Crippen LogP) is 5.27. The molecule has 0 spiro atoms. The number of hydrogen-bond donors (Lipinski definition) is 1. The molecule has 2 aromatic carbocycles. The quantitative estimate of drug-likeness (QED) is 0.550. The van der Waals surface area contributed by atoms with Crippen LogP contribution in [0.1, 0.15) is 24.5 Å². The van der Waals surface area contributed by atoms with Crippen molar-refractivity contribution in [2.45, 2.75) is 30.5 Å². The van der Waals surface area contributed by atoms with E-state index < -0.39 is 0 Å². The maximum atomic E-state index is 13.4. The molecule has 0 saturated carbocycles. The molecule has 112 valence electrons. The molecule has 0 saturated heterocycles. The number of benzene rings is 2. The molecule has 0 aliphatic carbocycles. The lowest BCUT2D eigenvalue weighted by Gasteiger charge is -2.11. The van der Waals surface area contributed by atoms with Crippen LogP contribution >= 0.6 is 23.4 Å². The summed E-state index contributed by atoms with van der Waals surface area (Å²) in [6.07, 6.45) is 1.07. The fourth-order valence-electron chi connectivity index (χ4n) is 2.00. The zero-order valence-electron chi connectivity index (χ0n) is 12.0. The Balaban J connectivity index is 2.06. The van der Waals surface area contributed by atoms with Crippen LogP contribution in [0.5, 0.6) is 0 Å². The maximum absolute atomic E-state index is 13.4. The van der Waals surface area contributed by atoms with Gasteiger partial charge in [-0.3, -0.25) is 0 Å². The number of rotatable bonds is 7. The number of nitrogens with one attached hydrogen (secondary N) is 1. The highest BCUT2D eigenvalue weighted by Crippen LogP contribution is 2.29. The highest BCUT2D eigenvalue weighted by molar-refractivity contribution is 7.98. The largest absolute Gasteiger partial charge is 0.313 e. The van der Waals surface area contributed by atoms with Crippen LogP contribution in [0.15, 0.2) is 47.4 Å². The molecule has 4 heteroatoms. The van der Waals surface area contributed by atoms with Crippen molar-refractivity contribution in [3.05, 3.63) is 64.4 Å². The van der Waals surface area contributed by atoms with Crippen LogP contribution in [-0.2, 0) is 12.3 Å². The molecule has 0 radical (unpaired) electrons. The molecule has 1 nitrogen and oxygen atoms in total. The lowest BCUT2D eigenvalue weighted by molar-refractivity contribution is 0.615. The third-order valence-electron chi connectivity index (χ3n) is 3.11. The molecule has 0 aliphatic heterocycles. The van der Waals surface area contributed by atoms with Crippen molar-refractivity contribution in [1.29, 1.82) is 0 Å². The van der Waals surface area contributed by atoms with Crippen molar-refractivity contribution in [3.8, 4) is 0 Å². The monoisotopic (exact) mass is 323 g/mol. The molecule has 2 rings (SSSR count).